The van der Waals surface area contributed by atoms with Crippen molar-refractivity contribution in [3.05, 3.63) is 23.8 Å². The van der Waals surface area contributed by atoms with E-state index in [4.69, 9.17) is 14.3 Å². The average molecular weight is 293 g/mol. The van der Waals surface area contributed by atoms with E-state index in [0.717, 1.165) is 24.2 Å². The Kier molecular flexibility index (Phi) is 4.60. The summed E-state index contributed by atoms with van der Waals surface area (Å²) >= 11 is 0. The highest BCUT2D eigenvalue weighted by Gasteiger charge is 2.30. The third-order valence-corrected chi connectivity index (χ3v) is 2.92. The van der Waals surface area contributed by atoms with Crippen molar-refractivity contribution < 1.29 is 19.1 Å². The number of hydrogen-bond acceptors (Lipinski definition) is 4. The van der Waals surface area contributed by atoms with E-state index >= 15 is 0 Å². The Balaban J connectivity index is 1.97. The molecule has 1 aromatic rings. The number of rotatable bonds is 4. The molecule has 1 aliphatic heterocycles. The van der Waals surface area contributed by atoms with Crippen molar-refractivity contribution in [2.45, 2.75) is 52.7 Å². The Bertz CT molecular complexity index is 507. The molecule has 21 heavy (non-hydrogen) atoms. The highest BCUT2D eigenvalue weighted by molar-refractivity contribution is 5.68. The molecule has 0 fully saturated rings. The van der Waals surface area contributed by atoms with Gasteiger partial charge >= 0.3 is 6.09 Å². The minimum atomic E-state index is -0.538. The Labute approximate surface area is 125 Å². The summed E-state index contributed by atoms with van der Waals surface area (Å²) in [6.45, 7) is 8.67. The van der Waals surface area contributed by atoms with Crippen LogP contribution in [0.1, 0.15) is 46.1 Å². The monoisotopic (exact) mass is 293 g/mol. The van der Waals surface area contributed by atoms with Crippen LogP contribution in [0, 0.1) is 0 Å². The second-order valence-corrected chi connectivity index (χ2v) is 6.08. The summed E-state index contributed by atoms with van der Waals surface area (Å²) in [4.78, 5) is 17.5. The van der Waals surface area contributed by atoms with Gasteiger partial charge in [0.1, 0.15) is 11.4 Å². The van der Waals surface area contributed by atoms with Gasteiger partial charge in [-0.15, -0.1) is 5.06 Å². The van der Waals surface area contributed by atoms with Crippen molar-refractivity contribution in [2.24, 2.45) is 0 Å². The smallest absolute Gasteiger partial charge is 0.444 e. The highest BCUT2D eigenvalue weighted by atomic mass is 16.7. The van der Waals surface area contributed by atoms with Gasteiger partial charge in [-0.2, -0.15) is 0 Å². The van der Waals surface area contributed by atoms with Crippen LogP contribution in [-0.4, -0.2) is 23.4 Å². The molecule has 1 aliphatic rings. The van der Waals surface area contributed by atoms with Gasteiger partial charge in [-0.25, -0.2) is 4.79 Å². The van der Waals surface area contributed by atoms with Gasteiger partial charge in [-0.05, 0) is 39.3 Å². The first-order valence-electron chi connectivity index (χ1n) is 7.33. The zero-order valence-corrected chi connectivity index (χ0v) is 13.1. The maximum Gasteiger partial charge on any atom is 0.444 e. The molecule has 0 radical (unpaired) electrons. The summed E-state index contributed by atoms with van der Waals surface area (Å²) in [5.74, 6) is 1.41. The van der Waals surface area contributed by atoms with Crippen molar-refractivity contribution in [2.75, 3.05) is 6.61 Å². The van der Waals surface area contributed by atoms with E-state index in [-0.39, 0.29) is 0 Å². The molecule has 1 aromatic carbocycles. The Morgan fingerprint density at radius 3 is 2.81 bits per heavy atom. The summed E-state index contributed by atoms with van der Waals surface area (Å²) in [5, 5.41) is 1.23. The number of fused-ring (bicyclic) bond motifs is 1. The summed E-state index contributed by atoms with van der Waals surface area (Å²) < 4.78 is 10.9. The number of benzene rings is 1. The molecule has 1 amide bonds. The molecule has 0 saturated carbocycles. The van der Waals surface area contributed by atoms with E-state index in [2.05, 4.69) is 6.92 Å². The third kappa shape index (κ3) is 4.28. The first kappa shape index (κ1) is 15.5. The molecule has 0 bridgehead atoms. The zero-order chi connectivity index (χ0) is 15.5. The van der Waals surface area contributed by atoms with Crippen molar-refractivity contribution >= 4 is 6.09 Å². The van der Waals surface area contributed by atoms with Crippen LogP contribution < -0.4 is 9.57 Å². The molecule has 0 aromatic heterocycles. The fourth-order valence-corrected chi connectivity index (χ4v) is 1.89. The molecule has 2 rings (SSSR count). The van der Waals surface area contributed by atoms with Crippen LogP contribution in [0.2, 0.25) is 0 Å². The molecule has 0 saturated heterocycles. The van der Waals surface area contributed by atoms with Gasteiger partial charge in [0.15, 0.2) is 5.75 Å². The summed E-state index contributed by atoms with van der Waals surface area (Å²) in [5.41, 5.74) is 0.410. The number of unbranched alkanes of at least 4 members (excludes halogenated alkanes) is 1. The summed E-state index contributed by atoms with van der Waals surface area (Å²) in [7, 11) is 0. The van der Waals surface area contributed by atoms with Crippen LogP contribution in [-0.2, 0) is 11.3 Å². The number of hydroxylamine groups is 2. The summed E-state index contributed by atoms with van der Waals surface area (Å²) in [6.07, 6.45) is 1.63. The lowest BCUT2D eigenvalue weighted by Gasteiger charge is -2.23. The Morgan fingerprint density at radius 1 is 1.38 bits per heavy atom. The molecule has 0 unspecified atom stereocenters. The highest BCUT2D eigenvalue weighted by Crippen LogP contribution is 2.32. The number of carbonyl (C=O) groups excluding carboxylic acids is 1. The van der Waals surface area contributed by atoms with E-state index < -0.39 is 11.7 Å². The number of nitrogens with zero attached hydrogens (tertiary/aromatic N) is 1. The third-order valence-electron chi connectivity index (χ3n) is 2.92. The maximum absolute atomic E-state index is 12.0. The molecule has 0 N–H and O–H groups in total. The van der Waals surface area contributed by atoms with Gasteiger partial charge in [0.2, 0.25) is 0 Å². The standard InChI is InChI=1S/C16H23NO4/c1-5-6-9-19-13-8-7-12-11-17(21-14(12)10-13)15(18)20-16(2,3)4/h7-8,10H,5-6,9,11H2,1-4H3. The van der Waals surface area contributed by atoms with Crippen molar-refractivity contribution in [3.63, 3.8) is 0 Å². The van der Waals surface area contributed by atoms with Gasteiger partial charge in [0.25, 0.3) is 0 Å². The van der Waals surface area contributed by atoms with Crippen molar-refractivity contribution in [3.8, 4) is 11.5 Å². The Hall–Kier alpha value is -1.91. The molecule has 0 atom stereocenters. The zero-order valence-electron chi connectivity index (χ0n) is 13.1. The fraction of sp³-hybridized carbons (Fsp3) is 0.562. The first-order chi connectivity index (χ1) is 9.89. The van der Waals surface area contributed by atoms with Crippen LogP contribution >= 0.6 is 0 Å². The lowest BCUT2D eigenvalue weighted by atomic mass is 10.2. The quantitative estimate of drug-likeness (QED) is 0.790. The number of carbonyl (C=O) groups is 1. The SMILES string of the molecule is CCCCOc1ccc2c(c1)ON(C(=O)OC(C)(C)C)C2. The van der Waals surface area contributed by atoms with Gasteiger partial charge in [0, 0.05) is 11.6 Å². The van der Waals surface area contributed by atoms with E-state index in [9.17, 15) is 4.79 Å². The van der Waals surface area contributed by atoms with Crippen LogP contribution in [0.5, 0.6) is 11.5 Å². The van der Waals surface area contributed by atoms with Gasteiger partial charge in [-0.3, -0.25) is 0 Å². The largest absolute Gasteiger partial charge is 0.493 e. The lowest BCUT2D eigenvalue weighted by molar-refractivity contribution is -0.0631. The first-order valence-corrected chi connectivity index (χ1v) is 7.33. The van der Waals surface area contributed by atoms with E-state index in [0.29, 0.717) is 18.9 Å². The molecular formula is C16H23NO4. The number of ether oxygens (including phenoxy) is 2. The van der Waals surface area contributed by atoms with E-state index in [1.165, 1.54) is 5.06 Å². The Morgan fingerprint density at radius 2 is 2.14 bits per heavy atom. The minimum Gasteiger partial charge on any atom is -0.493 e. The van der Waals surface area contributed by atoms with E-state index in [1.807, 2.05) is 39.0 Å². The van der Waals surface area contributed by atoms with Crippen LogP contribution in [0.3, 0.4) is 0 Å². The van der Waals surface area contributed by atoms with Crippen molar-refractivity contribution in [1.29, 1.82) is 0 Å². The maximum atomic E-state index is 12.0. The summed E-state index contributed by atoms with van der Waals surface area (Å²) in [6, 6.07) is 5.63. The van der Waals surface area contributed by atoms with E-state index in [1.54, 1.807) is 0 Å². The molecular weight excluding hydrogens is 270 g/mol. The van der Waals surface area contributed by atoms with Crippen LogP contribution in [0.25, 0.3) is 0 Å². The molecule has 5 heteroatoms. The molecule has 5 nitrogen and oxygen atoms in total. The van der Waals surface area contributed by atoms with Crippen LogP contribution in [0.15, 0.2) is 18.2 Å². The number of amides is 1. The minimum absolute atomic E-state index is 0.388. The number of hydrogen-bond donors (Lipinski definition) is 0. The second kappa shape index (κ2) is 6.24. The topological polar surface area (TPSA) is 48.0 Å². The normalized spacial score (nSPS) is 13.6. The van der Waals surface area contributed by atoms with Gasteiger partial charge in [0.05, 0.1) is 13.2 Å². The van der Waals surface area contributed by atoms with Crippen LogP contribution in [0.4, 0.5) is 4.79 Å². The van der Waals surface area contributed by atoms with Crippen molar-refractivity contribution in [1.82, 2.24) is 5.06 Å². The molecule has 1 heterocycles. The van der Waals surface area contributed by atoms with Gasteiger partial charge < -0.3 is 14.3 Å². The predicted octanol–water partition coefficient (Wildman–Crippen LogP) is 3.91. The fourth-order valence-electron chi connectivity index (χ4n) is 1.89. The molecule has 0 spiro atoms. The molecule has 116 valence electrons. The predicted molar refractivity (Wildman–Crippen MR) is 79.3 cm³/mol. The van der Waals surface area contributed by atoms with Gasteiger partial charge in [-0.1, -0.05) is 13.3 Å². The average Bonchev–Trinajstić information content (AvgIpc) is 2.80. The second-order valence-electron chi connectivity index (χ2n) is 6.08. The lowest BCUT2D eigenvalue weighted by Crippen LogP contribution is -2.35. The molecule has 0 aliphatic carbocycles.